The van der Waals surface area contributed by atoms with E-state index in [0.717, 1.165) is 0 Å². The number of esters is 1. The summed E-state index contributed by atoms with van der Waals surface area (Å²) in [5.41, 5.74) is -0.735. The average molecular weight is 231 g/mol. The third kappa shape index (κ3) is 4.49. The van der Waals surface area contributed by atoms with Crippen molar-refractivity contribution in [3.63, 3.8) is 0 Å². The van der Waals surface area contributed by atoms with E-state index in [4.69, 9.17) is 4.74 Å². The fourth-order valence-corrected chi connectivity index (χ4v) is 1.52. The summed E-state index contributed by atoms with van der Waals surface area (Å²) in [6.45, 7) is 8.19. The summed E-state index contributed by atoms with van der Waals surface area (Å²) in [7, 11) is 1.38. The van der Waals surface area contributed by atoms with E-state index in [9.17, 15) is 9.90 Å². The maximum atomic E-state index is 11.5. The van der Waals surface area contributed by atoms with E-state index in [2.05, 4.69) is 5.32 Å². The molecule has 0 saturated carbocycles. The zero-order valence-corrected chi connectivity index (χ0v) is 11.0. The molecule has 0 aromatic heterocycles. The van der Waals surface area contributed by atoms with E-state index in [1.54, 1.807) is 0 Å². The number of ether oxygens (including phenoxy) is 1. The summed E-state index contributed by atoms with van der Waals surface area (Å²) in [5.74, 6) is -0.130. The van der Waals surface area contributed by atoms with Gasteiger partial charge in [-0.2, -0.15) is 0 Å². The Kier molecular flexibility index (Phi) is 6.60. The Morgan fingerprint density at radius 2 is 1.88 bits per heavy atom. The summed E-state index contributed by atoms with van der Waals surface area (Å²) in [6, 6.07) is -0.352. The van der Waals surface area contributed by atoms with Gasteiger partial charge < -0.3 is 15.2 Å². The van der Waals surface area contributed by atoms with E-state index in [0.29, 0.717) is 19.4 Å². The van der Waals surface area contributed by atoms with Crippen LogP contribution in [0.4, 0.5) is 0 Å². The van der Waals surface area contributed by atoms with E-state index in [-0.39, 0.29) is 17.9 Å². The molecule has 0 fully saturated rings. The molecule has 0 rings (SSSR count). The molecule has 0 aliphatic heterocycles. The molecule has 0 aromatic carbocycles. The Labute approximate surface area is 98.4 Å². The second kappa shape index (κ2) is 6.86. The molecule has 0 aliphatic carbocycles. The summed E-state index contributed by atoms with van der Waals surface area (Å²) in [5, 5.41) is 13.2. The first kappa shape index (κ1) is 15.4. The molecule has 2 N–H and O–H groups in total. The number of carbonyl (C=O) groups excluding carboxylic acids is 1. The minimum absolute atomic E-state index is 0.144. The van der Waals surface area contributed by atoms with Gasteiger partial charge in [-0.1, -0.05) is 27.7 Å². The predicted molar refractivity (Wildman–Crippen MR) is 64.2 cm³/mol. The zero-order valence-electron chi connectivity index (χ0n) is 11.0. The molecule has 0 spiro atoms. The largest absolute Gasteiger partial charge is 0.468 e. The van der Waals surface area contributed by atoms with Crippen LogP contribution in [0.5, 0.6) is 0 Å². The van der Waals surface area contributed by atoms with Gasteiger partial charge in [0.05, 0.1) is 12.7 Å². The fourth-order valence-electron chi connectivity index (χ4n) is 1.52. The van der Waals surface area contributed by atoms with E-state index >= 15 is 0 Å². The minimum Gasteiger partial charge on any atom is -0.468 e. The highest BCUT2D eigenvalue weighted by molar-refractivity contribution is 5.75. The molecule has 1 atom stereocenters. The van der Waals surface area contributed by atoms with Gasteiger partial charge in [-0.3, -0.25) is 4.79 Å². The highest BCUT2D eigenvalue weighted by Crippen LogP contribution is 2.14. The van der Waals surface area contributed by atoms with Gasteiger partial charge in [0.25, 0.3) is 0 Å². The number of hydrogen-bond acceptors (Lipinski definition) is 4. The van der Waals surface area contributed by atoms with Gasteiger partial charge in [0, 0.05) is 6.54 Å². The smallest absolute Gasteiger partial charge is 0.323 e. The van der Waals surface area contributed by atoms with Gasteiger partial charge >= 0.3 is 5.97 Å². The predicted octanol–water partition coefficient (Wildman–Crippen LogP) is 1.32. The van der Waals surface area contributed by atoms with Crippen LogP contribution < -0.4 is 5.32 Å². The number of nitrogens with one attached hydrogen (secondary N) is 1. The number of methoxy groups -OCH3 is 1. The highest BCUT2D eigenvalue weighted by Gasteiger charge is 2.28. The lowest BCUT2D eigenvalue weighted by atomic mass is 9.96. The molecule has 0 heterocycles. The van der Waals surface area contributed by atoms with Gasteiger partial charge in [-0.15, -0.1) is 0 Å². The van der Waals surface area contributed by atoms with E-state index < -0.39 is 5.60 Å². The van der Waals surface area contributed by atoms with Crippen LogP contribution in [-0.4, -0.2) is 36.4 Å². The molecular formula is C12H25NO3. The maximum absolute atomic E-state index is 11.5. The maximum Gasteiger partial charge on any atom is 0.323 e. The standard InChI is InChI=1S/C12H25NO3/c1-6-12(15,7-2)8-13-10(9(3)4)11(14)16-5/h9-10,13,15H,6-8H2,1-5H3. The van der Waals surface area contributed by atoms with Crippen molar-refractivity contribution >= 4 is 5.97 Å². The lowest BCUT2D eigenvalue weighted by Gasteiger charge is -2.29. The highest BCUT2D eigenvalue weighted by atomic mass is 16.5. The third-order valence-electron chi connectivity index (χ3n) is 3.09. The first-order valence-corrected chi connectivity index (χ1v) is 5.93. The monoisotopic (exact) mass is 231 g/mol. The molecule has 0 saturated heterocycles. The van der Waals surface area contributed by atoms with Crippen LogP contribution in [0.1, 0.15) is 40.5 Å². The number of rotatable bonds is 7. The molecule has 1 unspecified atom stereocenters. The average Bonchev–Trinajstić information content (AvgIpc) is 2.28. The van der Waals surface area contributed by atoms with Gasteiger partial charge in [-0.25, -0.2) is 0 Å². The molecule has 0 bridgehead atoms. The Morgan fingerprint density at radius 3 is 2.19 bits per heavy atom. The van der Waals surface area contributed by atoms with E-state index in [1.165, 1.54) is 7.11 Å². The fraction of sp³-hybridized carbons (Fsp3) is 0.917. The van der Waals surface area contributed by atoms with Crippen molar-refractivity contribution in [2.45, 2.75) is 52.2 Å². The lowest BCUT2D eigenvalue weighted by Crippen LogP contribution is -2.49. The first-order chi connectivity index (χ1) is 7.40. The molecular weight excluding hydrogens is 206 g/mol. The Balaban J connectivity index is 4.37. The lowest BCUT2D eigenvalue weighted by molar-refractivity contribution is -0.144. The molecule has 0 aromatic rings. The topological polar surface area (TPSA) is 58.6 Å². The molecule has 4 nitrogen and oxygen atoms in total. The second-order valence-corrected chi connectivity index (χ2v) is 4.56. The molecule has 4 heteroatoms. The third-order valence-corrected chi connectivity index (χ3v) is 3.09. The Hall–Kier alpha value is -0.610. The van der Waals surface area contributed by atoms with Crippen molar-refractivity contribution in [1.29, 1.82) is 0 Å². The van der Waals surface area contributed by atoms with Crippen molar-refractivity contribution in [2.24, 2.45) is 5.92 Å². The van der Waals surface area contributed by atoms with Crippen LogP contribution in [0.3, 0.4) is 0 Å². The van der Waals surface area contributed by atoms with Gasteiger partial charge in [0.2, 0.25) is 0 Å². The Bertz CT molecular complexity index is 212. The molecule has 0 aliphatic rings. The second-order valence-electron chi connectivity index (χ2n) is 4.56. The van der Waals surface area contributed by atoms with Gasteiger partial charge in [-0.05, 0) is 18.8 Å². The van der Waals surface area contributed by atoms with Crippen LogP contribution in [-0.2, 0) is 9.53 Å². The molecule has 0 amide bonds. The quantitative estimate of drug-likeness (QED) is 0.649. The summed E-state index contributed by atoms with van der Waals surface area (Å²) < 4.78 is 4.72. The van der Waals surface area contributed by atoms with Crippen molar-refractivity contribution in [3.05, 3.63) is 0 Å². The van der Waals surface area contributed by atoms with Crippen molar-refractivity contribution in [3.8, 4) is 0 Å². The Morgan fingerprint density at radius 1 is 1.38 bits per heavy atom. The van der Waals surface area contributed by atoms with Crippen LogP contribution in [0.25, 0.3) is 0 Å². The summed E-state index contributed by atoms with van der Waals surface area (Å²) >= 11 is 0. The minimum atomic E-state index is -0.735. The van der Waals surface area contributed by atoms with Crippen LogP contribution >= 0.6 is 0 Å². The van der Waals surface area contributed by atoms with Gasteiger partial charge in [0.1, 0.15) is 6.04 Å². The molecule has 16 heavy (non-hydrogen) atoms. The normalized spacial score (nSPS) is 13.9. The summed E-state index contributed by atoms with van der Waals surface area (Å²) in [4.78, 5) is 11.5. The number of hydrogen-bond donors (Lipinski definition) is 2. The van der Waals surface area contributed by atoms with Crippen LogP contribution in [0.15, 0.2) is 0 Å². The molecule has 0 radical (unpaired) electrons. The van der Waals surface area contributed by atoms with Crippen LogP contribution in [0, 0.1) is 5.92 Å². The SMILES string of the molecule is CCC(O)(CC)CNC(C(=O)OC)C(C)C. The number of aliphatic hydroxyl groups is 1. The first-order valence-electron chi connectivity index (χ1n) is 5.93. The molecule has 96 valence electrons. The zero-order chi connectivity index (χ0) is 12.8. The van der Waals surface area contributed by atoms with Gasteiger partial charge in [0.15, 0.2) is 0 Å². The van der Waals surface area contributed by atoms with Crippen molar-refractivity contribution < 1.29 is 14.6 Å². The summed E-state index contributed by atoms with van der Waals surface area (Å²) in [6.07, 6.45) is 1.34. The van der Waals surface area contributed by atoms with Crippen molar-refractivity contribution in [2.75, 3.05) is 13.7 Å². The van der Waals surface area contributed by atoms with E-state index in [1.807, 2.05) is 27.7 Å². The van der Waals surface area contributed by atoms with Crippen LogP contribution in [0.2, 0.25) is 0 Å². The van der Waals surface area contributed by atoms with Crippen molar-refractivity contribution in [1.82, 2.24) is 5.32 Å². The number of carbonyl (C=O) groups is 1.